The topological polar surface area (TPSA) is 83.3 Å². The maximum absolute atomic E-state index is 12.2. The number of aromatic nitrogens is 3. The van der Waals surface area contributed by atoms with E-state index in [9.17, 15) is 4.79 Å². The summed E-state index contributed by atoms with van der Waals surface area (Å²) in [5, 5.41) is 15.5. The van der Waals surface area contributed by atoms with Gasteiger partial charge in [0.2, 0.25) is 5.95 Å². The van der Waals surface area contributed by atoms with Crippen molar-refractivity contribution in [1.82, 2.24) is 19.7 Å². The fourth-order valence-electron chi connectivity index (χ4n) is 1.67. The van der Waals surface area contributed by atoms with Crippen LogP contribution in [0.3, 0.4) is 0 Å². The third kappa shape index (κ3) is 5.25. The SMILES string of the molecule is Cn1ncnc1NC(=O)N(CCCO)CC(C)(C)C. The lowest BCUT2D eigenvalue weighted by Gasteiger charge is -2.29. The Morgan fingerprint density at radius 2 is 2.21 bits per heavy atom. The van der Waals surface area contributed by atoms with Crippen molar-refractivity contribution < 1.29 is 9.90 Å². The molecule has 7 nitrogen and oxygen atoms in total. The highest BCUT2D eigenvalue weighted by atomic mass is 16.3. The average Bonchev–Trinajstić information content (AvgIpc) is 2.69. The predicted molar refractivity (Wildman–Crippen MR) is 72.8 cm³/mol. The molecule has 1 aromatic rings. The molecule has 1 rings (SSSR count). The minimum atomic E-state index is -0.223. The van der Waals surface area contributed by atoms with E-state index in [2.05, 4.69) is 36.2 Å². The van der Waals surface area contributed by atoms with E-state index >= 15 is 0 Å². The van der Waals surface area contributed by atoms with Crippen molar-refractivity contribution in [3.05, 3.63) is 6.33 Å². The second-order valence-electron chi connectivity index (χ2n) is 5.70. The van der Waals surface area contributed by atoms with Gasteiger partial charge in [-0.1, -0.05) is 20.8 Å². The molecule has 1 aromatic heterocycles. The zero-order valence-corrected chi connectivity index (χ0v) is 12.1. The minimum Gasteiger partial charge on any atom is -0.396 e. The third-order valence-corrected chi connectivity index (χ3v) is 2.47. The summed E-state index contributed by atoms with van der Waals surface area (Å²) in [5.41, 5.74) is -0.00726. The standard InChI is InChI=1S/C12H23N5O2/c1-12(2,3)8-17(6-5-7-18)11(19)15-10-13-9-14-16(10)4/h9,18H,5-8H2,1-4H3,(H,13,14,15,19). The highest BCUT2D eigenvalue weighted by Crippen LogP contribution is 2.16. The Morgan fingerprint density at radius 3 is 2.68 bits per heavy atom. The molecule has 0 bridgehead atoms. The number of hydrogen-bond acceptors (Lipinski definition) is 4. The van der Waals surface area contributed by atoms with Gasteiger partial charge in [-0.2, -0.15) is 10.1 Å². The van der Waals surface area contributed by atoms with Gasteiger partial charge in [0.15, 0.2) is 0 Å². The normalized spacial score (nSPS) is 11.4. The minimum absolute atomic E-state index is 0.00726. The molecule has 19 heavy (non-hydrogen) atoms. The molecule has 0 spiro atoms. The van der Waals surface area contributed by atoms with Crippen LogP contribution < -0.4 is 5.32 Å². The van der Waals surface area contributed by atoms with Gasteiger partial charge in [0.05, 0.1) is 0 Å². The van der Waals surface area contributed by atoms with E-state index in [1.54, 1.807) is 11.9 Å². The molecule has 2 amide bonds. The van der Waals surface area contributed by atoms with E-state index in [1.807, 2.05) is 0 Å². The van der Waals surface area contributed by atoms with Gasteiger partial charge in [-0.25, -0.2) is 9.48 Å². The maximum atomic E-state index is 12.2. The van der Waals surface area contributed by atoms with Crippen LogP contribution in [-0.4, -0.2) is 50.5 Å². The van der Waals surface area contributed by atoms with Crippen molar-refractivity contribution in [3.63, 3.8) is 0 Å². The largest absolute Gasteiger partial charge is 0.396 e. The van der Waals surface area contributed by atoms with Crippen LogP contribution in [0.1, 0.15) is 27.2 Å². The van der Waals surface area contributed by atoms with Gasteiger partial charge in [0.1, 0.15) is 6.33 Å². The summed E-state index contributed by atoms with van der Waals surface area (Å²) in [7, 11) is 1.71. The number of amides is 2. The smallest absolute Gasteiger partial charge is 0.324 e. The molecule has 0 unspecified atom stereocenters. The first kappa shape index (κ1) is 15.4. The van der Waals surface area contributed by atoms with Crippen LogP contribution in [0.25, 0.3) is 0 Å². The summed E-state index contributed by atoms with van der Waals surface area (Å²) in [4.78, 5) is 17.8. The number of aliphatic hydroxyl groups is 1. The zero-order valence-electron chi connectivity index (χ0n) is 12.1. The Morgan fingerprint density at radius 1 is 1.53 bits per heavy atom. The second-order valence-corrected chi connectivity index (χ2v) is 5.70. The molecule has 0 aliphatic carbocycles. The van der Waals surface area contributed by atoms with E-state index in [-0.39, 0.29) is 18.1 Å². The number of hydrogen-bond donors (Lipinski definition) is 2. The number of rotatable bonds is 5. The van der Waals surface area contributed by atoms with Crippen LogP contribution >= 0.6 is 0 Å². The van der Waals surface area contributed by atoms with Gasteiger partial charge >= 0.3 is 6.03 Å². The number of aryl methyl sites for hydroxylation is 1. The molecule has 0 radical (unpaired) electrons. The first-order chi connectivity index (χ1) is 8.83. The fourth-order valence-corrected chi connectivity index (χ4v) is 1.67. The molecule has 108 valence electrons. The van der Waals surface area contributed by atoms with E-state index in [0.717, 1.165) is 0 Å². The molecular weight excluding hydrogens is 246 g/mol. The lowest BCUT2D eigenvalue weighted by atomic mass is 9.96. The molecule has 7 heteroatoms. The quantitative estimate of drug-likeness (QED) is 0.837. The van der Waals surface area contributed by atoms with Crippen LogP contribution in [-0.2, 0) is 7.05 Å². The summed E-state index contributed by atoms with van der Waals surface area (Å²) in [6, 6.07) is -0.223. The lowest BCUT2D eigenvalue weighted by Crippen LogP contribution is -2.41. The highest BCUT2D eigenvalue weighted by Gasteiger charge is 2.21. The monoisotopic (exact) mass is 269 g/mol. The lowest BCUT2D eigenvalue weighted by molar-refractivity contribution is 0.175. The number of aliphatic hydroxyl groups excluding tert-OH is 1. The molecule has 2 N–H and O–H groups in total. The highest BCUT2D eigenvalue weighted by molar-refractivity contribution is 5.87. The van der Waals surface area contributed by atoms with Crippen molar-refractivity contribution >= 4 is 12.0 Å². The van der Waals surface area contributed by atoms with E-state index in [1.165, 1.54) is 11.0 Å². The molecular formula is C12H23N5O2. The first-order valence-electron chi connectivity index (χ1n) is 6.34. The van der Waals surface area contributed by atoms with Gasteiger partial charge in [-0.15, -0.1) is 0 Å². The van der Waals surface area contributed by atoms with Gasteiger partial charge in [-0.05, 0) is 11.8 Å². The van der Waals surface area contributed by atoms with E-state index in [4.69, 9.17) is 5.11 Å². The Balaban J connectivity index is 2.68. The molecule has 0 aliphatic rings. The van der Waals surface area contributed by atoms with Crippen molar-refractivity contribution in [2.24, 2.45) is 12.5 Å². The van der Waals surface area contributed by atoms with Crippen LogP contribution in [0, 0.1) is 5.41 Å². The van der Waals surface area contributed by atoms with Crippen molar-refractivity contribution in [2.75, 3.05) is 25.0 Å². The van der Waals surface area contributed by atoms with Gasteiger partial charge in [0, 0.05) is 26.7 Å². The van der Waals surface area contributed by atoms with E-state index in [0.29, 0.717) is 25.5 Å². The average molecular weight is 269 g/mol. The number of nitrogens with zero attached hydrogens (tertiary/aromatic N) is 4. The third-order valence-electron chi connectivity index (χ3n) is 2.47. The Labute approximate surface area is 113 Å². The van der Waals surface area contributed by atoms with Crippen LogP contribution in [0.4, 0.5) is 10.7 Å². The summed E-state index contributed by atoms with van der Waals surface area (Å²) < 4.78 is 1.50. The molecule has 0 saturated carbocycles. The zero-order chi connectivity index (χ0) is 14.5. The Kier molecular flexibility index (Phi) is 5.29. The van der Waals surface area contributed by atoms with E-state index < -0.39 is 0 Å². The number of urea groups is 1. The first-order valence-corrected chi connectivity index (χ1v) is 6.34. The van der Waals surface area contributed by atoms with Gasteiger partial charge in [-0.3, -0.25) is 5.32 Å². The molecule has 0 saturated heterocycles. The Hall–Kier alpha value is -1.63. The molecule has 0 fully saturated rings. The van der Waals surface area contributed by atoms with Crippen molar-refractivity contribution in [1.29, 1.82) is 0 Å². The number of anilines is 1. The van der Waals surface area contributed by atoms with Crippen molar-refractivity contribution in [3.8, 4) is 0 Å². The summed E-state index contributed by atoms with van der Waals surface area (Å²) in [5.74, 6) is 0.410. The van der Waals surface area contributed by atoms with Gasteiger partial charge in [0.25, 0.3) is 0 Å². The number of nitrogens with one attached hydrogen (secondary N) is 1. The molecule has 0 aliphatic heterocycles. The molecule has 1 heterocycles. The van der Waals surface area contributed by atoms with Crippen LogP contribution in [0.2, 0.25) is 0 Å². The Bertz CT molecular complexity index is 410. The van der Waals surface area contributed by atoms with Crippen LogP contribution in [0.5, 0.6) is 0 Å². The van der Waals surface area contributed by atoms with Gasteiger partial charge < -0.3 is 10.0 Å². The number of carbonyl (C=O) groups excluding carboxylic acids is 1. The second kappa shape index (κ2) is 6.51. The fraction of sp³-hybridized carbons (Fsp3) is 0.750. The maximum Gasteiger partial charge on any atom is 0.324 e. The van der Waals surface area contributed by atoms with Crippen LogP contribution in [0.15, 0.2) is 6.33 Å². The molecule has 0 atom stereocenters. The number of carbonyl (C=O) groups is 1. The summed E-state index contributed by atoms with van der Waals surface area (Å²) in [6.45, 7) is 7.38. The van der Waals surface area contributed by atoms with Crippen molar-refractivity contribution in [2.45, 2.75) is 27.2 Å². The summed E-state index contributed by atoms with van der Waals surface area (Å²) >= 11 is 0. The predicted octanol–water partition coefficient (Wildman–Crippen LogP) is 1.08. The summed E-state index contributed by atoms with van der Waals surface area (Å²) in [6.07, 6.45) is 1.94. The molecule has 0 aromatic carbocycles.